The maximum atomic E-state index is 5.94. The molecule has 0 saturated carbocycles. The Balaban J connectivity index is 2.46. The number of rotatable bonds is 3. The zero-order chi connectivity index (χ0) is 12.4. The van der Waals surface area contributed by atoms with E-state index in [0.717, 1.165) is 15.9 Å². The van der Waals surface area contributed by atoms with Gasteiger partial charge in [0, 0.05) is 16.5 Å². The normalized spacial score (nSPS) is 12.7. The Bertz CT molecular complexity index is 526. The van der Waals surface area contributed by atoms with Crippen molar-refractivity contribution in [3.63, 3.8) is 0 Å². The van der Waals surface area contributed by atoms with Gasteiger partial charge in [-0.25, -0.2) is 4.98 Å². The van der Waals surface area contributed by atoms with Crippen LogP contribution in [0.15, 0.2) is 29.0 Å². The molecular formula is C11H12BrClN4. The van der Waals surface area contributed by atoms with E-state index in [1.165, 1.54) is 0 Å². The fourth-order valence-corrected chi connectivity index (χ4v) is 2.64. The third kappa shape index (κ3) is 2.51. The molecule has 0 amide bonds. The summed E-state index contributed by atoms with van der Waals surface area (Å²) in [5.41, 5.74) is 1.08. The number of hydrogen-bond acceptors (Lipinski definition) is 3. The number of hydrogen-bond donors (Lipinski definition) is 1. The van der Waals surface area contributed by atoms with Gasteiger partial charge in [-0.1, -0.05) is 33.6 Å². The zero-order valence-corrected chi connectivity index (χ0v) is 11.8. The second-order valence-electron chi connectivity index (χ2n) is 3.63. The summed E-state index contributed by atoms with van der Waals surface area (Å²) in [7, 11) is 3.76. The summed E-state index contributed by atoms with van der Waals surface area (Å²) >= 11 is 9.45. The molecule has 1 heterocycles. The highest BCUT2D eigenvalue weighted by Gasteiger charge is 2.19. The van der Waals surface area contributed by atoms with E-state index in [1.807, 2.05) is 32.3 Å². The van der Waals surface area contributed by atoms with E-state index < -0.39 is 0 Å². The Morgan fingerprint density at radius 2 is 2.24 bits per heavy atom. The van der Waals surface area contributed by atoms with Crippen molar-refractivity contribution in [3.05, 3.63) is 45.4 Å². The molecule has 0 radical (unpaired) electrons. The molecule has 0 spiro atoms. The van der Waals surface area contributed by atoms with Crippen molar-refractivity contribution in [2.24, 2.45) is 7.05 Å². The molecule has 0 aliphatic carbocycles. The van der Waals surface area contributed by atoms with E-state index in [4.69, 9.17) is 11.6 Å². The van der Waals surface area contributed by atoms with Crippen molar-refractivity contribution in [1.82, 2.24) is 20.1 Å². The number of halogens is 2. The fraction of sp³-hybridized carbons (Fsp3) is 0.273. The number of benzene rings is 1. The topological polar surface area (TPSA) is 42.7 Å². The first kappa shape index (κ1) is 12.5. The molecular weight excluding hydrogens is 304 g/mol. The Morgan fingerprint density at radius 3 is 2.76 bits per heavy atom. The second-order valence-corrected chi connectivity index (χ2v) is 4.92. The van der Waals surface area contributed by atoms with Crippen molar-refractivity contribution in [2.45, 2.75) is 6.04 Å². The average Bonchev–Trinajstić information content (AvgIpc) is 2.69. The Labute approximate surface area is 113 Å². The van der Waals surface area contributed by atoms with E-state index in [1.54, 1.807) is 11.0 Å². The van der Waals surface area contributed by atoms with Crippen molar-refractivity contribution in [3.8, 4) is 0 Å². The Hall–Kier alpha value is -0.910. The van der Waals surface area contributed by atoms with Crippen LogP contribution in [0.25, 0.3) is 0 Å². The summed E-state index contributed by atoms with van der Waals surface area (Å²) in [5, 5.41) is 8.01. The average molecular weight is 316 g/mol. The molecule has 2 rings (SSSR count). The first-order chi connectivity index (χ1) is 8.13. The quantitative estimate of drug-likeness (QED) is 0.946. The highest BCUT2D eigenvalue weighted by atomic mass is 79.9. The molecule has 1 N–H and O–H groups in total. The first-order valence-electron chi connectivity index (χ1n) is 5.09. The summed E-state index contributed by atoms with van der Waals surface area (Å²) in [6.07, 6.45) is 1.55. The predicted octanol–water partition coefficient (Wildman–Crippen LogP) is 2.54. The van der Waals surface area contributed by atoms with Gasteiger partial charge in [0.25, 0.3) is 0 Å². The summed E-state index contributed by atoms with van der Waals surface area (Å²) < 4.78 is 2.70. The maximum Gasteiger partial charge on any atom is 0.148 e. The van der Waals surface area contributed by atoms with Crippen molar-refractivity contribution in [1.29, 1.82) is 0 Å². The van der Waals surface area contributed by atoms with Crippen LogP contribution in [-0.4, -0.2) is 21.8 Å². The smallest absolute Gasteiger partial charge is 0.148 e. The van der Waals surface area contributed by atoms with Crippen LogP contribution >= 0.6 is 27.5 Å². The molecule has 1 aromatic carbocycles. The van der Waals surface area contributed by atoms with E-state index in [-0.39, 0.29) is 6.04 Å². The molecule has 1 unspecified atom stereocenters. The van der Waals surface area contributed by atoms with Gasteiger partial charge in [0.05, 0.1) is 6.04 Å². The minimum atomic E-state index is -0.0193. The van der Waals surface area contributed by atoms with Gasteiger partial charge >= 0.3 is 0 Å². The molecule has 0 aliphatic rings. The lowest BCUT2D eigenvalue weighted by Gasteiger charge is -2.17. The molecule has 90 valence electrons. The van der Waals surface area contributed by atoms with Gasteiger partial charge in [-0.05, 0) is 24.7 Å². The van der Waals surface area contributed by atoms with Gasteiger partial charge in [-0.15, -0.1) is 0 Å². The van der Waals surface area contributed by atoms with E-state index in [9.17, 15) is 0 Å². The van der Waals surface area contributed by atoms with Crippen molar-refractivity contribution >= 4 is 27.5 Å². The van der Waals surface area contributed by atoms with Crippen LogP contribution < -0.4 is 5.32 Å². The summed E-state index contributed by atoms with van der Waals surface area (Å²) in [6.45, 7) is 0. The van der Waals surface area contributed by atoms with Gasteiger partial charge in [-0.3, -0.25) is 4.68 Å². The van der Waals surface area contributed by atoms with Gasteiger partial charge in [0.2, 0.25) is 0 Å². The number of nitrogens with one attached hydrogen (secondary N) is 1. The monoisotopic (exact) mass is 314 g/mol. The van der Waals surface area contributed by atoms with Crippen LogP contribution in [0.3, 0.4) is 0 Å². The number of nitrogens with zero attached hydrogens (tertiary/aromatic N) is 3. The van der Waals surface area contributed by atoms with E-state index in [0.29, 0.717) is 5.02 Å². The van der Waals surface area contributed by atoms with Crippen LogP contribution in [0.4, 0.5) is 0 Å². The summed E-state index contributed by atoms with van der Waals surface area (Å²) in [4.78, 5) is 4.26. The molecule has 0 bridgehead atoms. The molecule has 6 heteroatoms. The van der Waals surface area contributed by atoms with Crippen LogP contribution in [0.2, 0.25) is 5.02 Å². The zero-order valence-electron chi connectivity index (χ0n) is 9.48. The lowest BCUT2D eigenvalue weighted by molar-refractivity contribution is 0.590. The van der Waals surface area contributed by atoms with E-state index in [2.05, 4.69) is 31.3 Å². The molecule has 4 nitrogen and oxygen atoms in total. The fourth-order valence-electron chi connectivity index (χ4n) is 1.73. The van der Waals surface area contributed by atoms with Crippen LogP contribution in [0.1, 0.15) is 17.4 Å². The molecule has 0 fully saturated rings. The van der Waals surface area contributed by atoms with Crippen LogP contribution in [0.5, 0.6) is 0 Å². The molecule has 1 atom stereocenters. The molecule has 2 aromatic rings. The second kappa shape index (κ2) is 5.16. The highest BCUT2D eigenvalue weighted by Crippen LogP contribution is 2.29. The molecule has 17 heavy (non-hydrogen) atoms. The minimum absolute atomic E-state index is 0.0193. The maximum absolute atomic E-state index is 5.94. The van der Waals surface area contributed by atoms with Gasteiger partial charge < -0.3 is 5.32 Å². The SMILES string of the molecule is CNC(c1ccc(Cl)cc1Br)c1ncnn1C. The van der Waals surface area contributed by atoms with Gasteiger partial charge in [-0.2, -0.15) is 5.10 Å². The molecule has 1 aromatic heterocycles. The van der Waals surface area contributed by atoms with Crippen LogP contribution in [-0.2, 0) is 7.05 Å². The highest BCUT2D eigenvalue weighted by molar-refractivity contribution is 9.10. The number of aromatic nitrogens is 3. The van der Waals surface area contributed by atoms with Crippen molar-refractivity contribution in [2.75, 3.05) is 7.05 Å². The van der Waals surface area contributed by atoms with E-state index >= 15 is 0 Å². The Kier molecular flexibility index (Phi) is 3.81. The predicted molar refractivity (Wildman–Crippen MR) is 71.1 cm³/mol. The van der Waals surface area contributed by atoms with Gasteiger partial charge in [0.1, 0.15) is 12.2 Å². The van der Waals surface area contributed by atoms with Gasteiger partial charge in [0.15, 0.2) is 0 Å². The summed E-state index contributed by atoms with van der Waals surface area (Å²) in [6, 6.07) is 5.69. The molecule has 0 aliphatic heterocycles. The lowest BCUT2D eigenvalue weighted by Crippen LogP contribution is -2.22. The standard InChI is InChI=1S/C11H12BrClN4/c1-14-10(11-15-6-16-17(11)2)8-4-3-7(13)5-9(8)12/h3-6,10,14H,1-2H3. The largest absolute Gasteiger partial charge is 0.307 e. The molecule has 0 saturated heterocycles. The summed E-state index contributed by atoms with van der Waals surface area (Å²) in [5.74, 6) is 0.857. The lowest BCUT2D eigenvalue weighted by atomic mass is 10.1. The third-order valence-corrected chi connectivity index (χ3v) is 3.49. The Morgan fingerprint density at radius 1 is 1.47 bits per heavy atom. The van der Waals surface area contributed by atoms with Crippen molar-refractivity contribution < 1.29 is 0 Å². The number of aryl methyl sites for hydroxylation is 1. The first-order valence-corrected chi connectivity index (χ1v) is 6.26. The minimum Gasteiger partial charge on any atom is -0.307 e. The van der Waals surface area contributed by atoms with Crippen LogP contribution in [0, 0.1) is 0 Å². The third-order valence-electron chi connectivity index (χ3n) is 2.57.